The van der Waals surface area contributed by atoms with Crippen LogP contribution in [0.25, 0.3) is 0 Å². The molecule has 0 bridgehead atoms. The first kappa shape index (κ1) is 12.0. The number of carbonyl (C=O) groups is 1. The van der Waals surface area contributed by atoms with Crippen LogP contribution in [0.4, 0.5) is 5.69 Å². The molecule has 1 aliphatic rings. The number of hydrogen-bond donors (Lipinski definition) is 1. The Balaban J connectivity index is 1.99. The van der Waals surface area contributed by atoms with Crippen LogP contribution in [0, 0.1) is 11.3 Å². The minimum absolute atomic E-state index is 0.0348. The molecule has 0 saturated carbocycles. The quantitative estimate of drug-likeness (QED) is 0.513. The van der Waals surface area contributed by atoms with Crippen molar-refractivity contribution in [2.24, 2.45) is 0 Å². The molecule has 3 rings (SSSR count). The third-order valence-electron chi connectivity index (χ3n) is 2.95. The Morgan fingerprint density at radius 1 is 1.05 bits per heavy atom. The third kappa shape index (κ3) is 2.02. The molecule has 2 aromatic rings. The van der Waals surface area contributed by atoms with Crippen molar-refractivity contribution >= 4 is 11.5 Å². The molecule has 0 aliphatic carbocycles. The third-order valence-corrected chi connectivity index (χ3v) is 2.95. The van der Waals surface area contributed by atoms with Crippen molar-refractivity contribution in [2.75, 3.05) is 5.32 Å². The van der Waals surface area contributed by atoms with E-state index in [1.165, 1.54) is 0 Å². The maximum atomic E-state index is 12.3. The summed E-state index contributed by atoms with van der Waals surface area (Å²) in [5.74, 6) is 0.432. The Hall–Kier alpha value is -3.06. The summed E-state index contributed by atoms with van der Waals surface area (Å²) in [6.07, 6.45) is 0. The maximum absolute atomic E-state index is 12.3. The van der Waals surface area contributed by atoms with E-state index in [0.717, 1.165) is 5.69 Å². The van der Waals surface area contributed by atoms with Gasteiger partial charge in [0.2, 0.25) is 11.7 Å². The van der Waals surface area contributed by atoms with Gasteiger partial charge in [-0.2, -0.15) is 5.26 Å². The van der Waals surface area contributed by atoms with Crippen molar-refractivity contribution in [1.29, 1.82) is 5.26 Å². The van der Waals surface area contributed by atoms with Crippen LogP contribution in [-0.4, -0.2) is 5.78 Å². The molecule has 2 aromatic carbocycles. The van der Waals surface area contributed by atoms with Crippen molar-refractivity contribution in [3.63, 3.8) is 0 Å². The van der Waals surface area contributed by atoms with E-state index in [2.05, 4.69) is 5.32 Å². The Morgan fingerprint density at radius 2 is 1.75 bits per heavy atom. The lowest BCUT2D eigenvalue weighted by molar-refractivity contribution is 0.103. The molecule has 0 radical (unpaired) electrons. The molecule has 1 N–H and O–H groups in total. The van der Waals surface area contributed by atoms with Gasteiger partial charge < -0.3 is 10.1 Å². The molecule has 0 saturated heterocycles. The summed E-state index contributed by atoms with van der Waals surface area (Å²) in [6.45, 7) is 0. The maximum Gasteiger partial charge on any atom is 0.220 e. The smallest absolute Gasteiger partial charge is 0.220 e. The zero-order valence-corrected chi connectivity index (χ0v) is 10.5. The molecule has 4 nitrogen and oxygen atoms in total. The van der Waals surface area contributed by atoms with E-state index >= 15 is 0 Å². The van der Waals surface area contributed by atoms with Crippen molar-refractivity contribution < 1.29 is 9.53 Å². The summed E-state index contributed by atoms with van der Waals surface area (Å²) < 4.78 is 5.53. The SMILES string of the molecule is N#CC(C(=O)c1ccccc1)=C1Nc2ccccc2O1. The minimum Gasteiger partial charge on any atom is -0.437 e. The van der Waals surface area contributed by atoms with Gasteiger partial charge in [0.05, 0.1) is 5.69 Å². The topological polar surface area (TPSA) is 62.1 Å². The lowest BCUT2D eigenvalue weighted by atomic mass is 10.1. The van der Waals surface area contributed by atoms with Gasteiger partial charge in [-0.3, -0.25) is 4.79 Å². The molecule has 0 unspecified atom stereocenters. The molecule has 96 valence electrons. The monoisotopic (exact) mass is 262 g/mol. The van der Waals surface area contributed by atoms with E-state index in [1.807, 2.05) is 30.3 Å². The summed E-state index contributed by atoms with van der Waals surface area (Å²) in [5.41, 5.74) is 1.17. The average Bonchev–Trinajstić information content (AvgIpc) is 2.92. The summed E-state index contributed by atoms with van der Waals surface area (Å²) in [6, 6.07) is 17.9. The fourth-order valence-electron chi connectivity index (χ4n) is 1.97. The normalized spacial score (nSPS) is 14.6. The lowest BCUT2D eigenvalue weighted by Gasteiger charge is -2.03. The number of benzene rings is 2. The van der Waals surface area contributed by atoms with Crippen molar-refractivity contribution in [3.8, 4) is 11.8 Å². The number of ketones is 1. The molecule has 0 aromatic heterocycles. The first-order valence-electron chi connectivity index (χ1n) is 6.07. The van der Waals surface area contributed by atoms with E-state index in [4.69, 9.17) is 4.74 Å². The Kier molecular flexibility index (Phi) is 2.94. The number of anilines is 1. The van der Waals surface area contributed by atoms with Crippen LogP contribution in [0.3, 0.4) is 0 Å². The highest BCUT2D eigenvalue weighted by Gasteiger charge is 2.24. The molecule has 20 heavy (non-hydrogen) atoms. The van der Waals surface area contributed by atoms with Crippen LogP contribution in [0.5, 0.6) is 5.75 Å². The van der Waals surface area contributed by atoms with Crippen LogP contribution in [0.15, 0.2) is 66.1 Å². The minimum atomic E-state index is -0.358. The van der Waals surface area contributed by atoms with Gasteiger partial charge in [-0.25, -0.2) is 0 Å². The molecule has 0 atom stereocenters. The number of hydrogen-bond acceptors (Lipinski definition) is 4. The summed E-state index contributed by atoms with van der Waals surface area (Å²) in [4.78, 5) is 12.3. The molecule has 0 amide bonds. The fraction of sp³-hybridized carbons (Fsp3) is 0. The number of rotatable bonds is 2. The predicted octanol–water partition coefficient (Wildman–Crippen LogP) is 3.11. The zero-order chi connectivity index (χ0) is 13.9. The van der Waals surface area contributed by atoms with Crippen LogP contribution in [0.2, 0.25) is 0 Å². The molecule has 4 heteroatoms. The van der Waals surface area contributed by atoms with Gasteiger partial charge in [-0.05, 0) is 12.1 Å². The van der Waals surface area contributed by atoms with E-state index in [0.29, 0.717) is 11.3 Å². The summed E-state index contributed by atoms with van der Waals surface area (Å²) in [5, 5.41) is 12.2. The predicted molar refractivity (Wildman–Crippen MR) is 74.1 cm³/mol. The number of ether oxygens (including phenoxy) is 1. The average molecular weight is 262 g/mol. The lowest BCUT2D eigenvalue weighted by Crippen LogP contribution is -2.10. The number of allylic oxidation sites excluding steroid dienone is 1. The number of nitrogens with one attached hydrogen (secondary N) is 1. The first-order valence-corrected chi connectivity index (χ1v) is 6.07. The van der Waals surface area contributed by atoms with E-state index in [1.54, 1.807) is 30.3 Å². The number of fused-ring (bicyclic) bond motifs is 1. The van der Waals surface area contributed by atoms with Crippen LogP contribution >= 0.6 is 0 Å². The summed E-state index contributed by atoms with van der Waals surface area (Å²) in [7, 11) is 0. The Labute approximate surface area is 115 Å². The van der Waals surface area contributed by atoms with Gasteiger partial charge in [0.1, 0.15) is 6.07 Å². The molecular weight excluding hydrogens is 252 g/mol. The van der Waals surface area contributed by atoms with E-state index in [9.17, 15) is 10.1 Å². The van der Waals surface area contributed by atoms with Gasteiger partial charge in [0.15, 0.2) is 11.3 Å². The number of nitrogens with zero attached hydrogens (tertiary/aromatic N) is 1. The second kappa shape index (κ2) is 4.90. The van der Waals surface area contributed by atoms with Crippen LogP contribution in [-0.2, 0) is 0 Å². The summed E-state index contributed by atoms with van der Waals surface area (Å²) >= 11 is 0. The second-order valence-corrected chi connectivity index (χ2v) is 4.23. The van der Waals surface area contributed by atoms with E-state index in [-0.39, 0.29) is 17.2 Å². The molecule has 0 fully saturated rings. The number of nitriles is 1. The fourth-order valence-corrected chi connectivity index (χ4v) is 1.97. The van der Waals surface area contributed by atoms with Crippen molar-refractivity contribution in [1.82, 2.24) is 0 Å². The van der Waals surface area contributed by atoms with E-state index < -0.39 is 0 Å². The van der Waals surface area contributed by atoms with Crippen molar-refractivity contribution in [2.45, 2.75) is 0 Å². The molecule has 1 aliphatic heterocycles. The standard InChI is InChI=1S/C16H10N2O2/c17-10-12(15(19)11-6-2-1-3-7-11)16-18-13-8-4-5-9-14(13)20-16/h1-9,18H. The molecule has 0 spiro atoms. The Morgan fingerprint density at radius 3 is 2.45 bits per heavy atom. The van der Waals surface area contributed by atoms with Gasteiger partial charge in [0, 0.05) is 5.56 Å². The number of para-hydroxylation sites is 2. The zero-order valence-electron chi connectivity index (χ0n) is 10.5. The van der Waals surface area contributed by atoms with Crippen LogP contribution < -0.4 is 10.1 Å². The second-order valence-electron chi connectivity index (χ2n) is 4.23. The molecular formula is C16H10N2O2. The largest absolute Gasteiger partial charge is 0.437 e. The first-order chi connectivity index (χ1) is 9.79. The van der Waals surface area contributed by atoms with Crippen molar-refractivity contribution in [3.05, 3.63) is 71.6 Å². The Bertz CT molecular complexity index is 716. The van der Waals surface area contributed by atoms with Gasteiger partial charge in [-0.1, -0.05) is 42.5 Å². The highest BCUT2D eigenvalue weighted by atomic mass is 16.5. The van der Waals surface area contributed by atoms with Gasteiger partial charge >= 0.3 is 0 Å². The van der Waals surface area contributed by atoms with Gasteiger partial charge in [0.25, 0.3) is 0 Å². The highest BCUT2D eigenvalue weighted by molar-refractivity contribution is 6.12. The highest BCUT2D eigenvalue weighted by Crippen LogP contribution is 2.34. The number of carbonyl (C=O) groups excluding carboxylic acids is 1. The number of Topliss-reactive ketones (excluding diaryl/α,β-unsaturated/α-hetero) is 1. The van der Waals surface area contributed by atoms with Crippen LogP contribution in [0.1, 0.15) is 10.4 Å². The molecule has 1 heterocycles. The van der Waals surface area contributed by atoms with Gasteiger partial charge in [-0.15, -0.1) is 0 Å².